The number of nitrogens with one attached hydrogen (secondary N) is 5. The van der Waals surface area contributed by atoms with Crippen LogP contribution in [-0.4, -0.2) is 64.7 Å². The molecule has 1 saturated heterocycles. The molecule has 0 bridgehead atoms. The molecule has 170 valence electrons. The fraction of sp³-hybridized carbons (Fsp3) is 0.750. The minimum Gasteiger partial charge on any atom is -0.334 e. The van der Waals surface area contributed by atoms with E-state index in [9.17, 15) is 14.4 Å². The Morgan fingerprint density at radius 2 is 2.13 bits per heavy atom. The minimum atomic E-state index is -0.514. The predicted octanol–water partition coefficient (Wildman–Crippen LogP) is -0.322. The molecule has 0 unspecified atom stereocenters. The number of aromatic nitrogens is 2. The van der Waals surface area contributed by atoms with Gasteiger partial charge in [-0.3, -0.25) is 14.7 Å². The number of likely N-dealkylation sites (tertiary alicyclic amines) is 1. The van der Waals surface area contributed by atoms with Crippen molar-refractivity contribution in [2.75, 3.05) is 26.2 Å². The number of H-pyrrole nitrogens is 2. The van der Waals surface area contributed by atoms with E-state index in [2.05, 4.69) is 37.7 Å². The first-order valence-electron chi connectivity index (χ1n) is 10.7. The lowest BCUT2D eigenvalue weighted by Gasteiger charge is -2.27. The molecule has 1 aromatic heterocycles. The third kappa shape index (κ3) is 7.26. The zero-order valence-electron chi connectivity index (χ0n) is 18.5. The summed E-state index contributed by atoms with van der Waals surface area (Å²) >= 11 is 0. The van der Waals surface area contributed by atoms with Crippen LogP contribution in [0, 0.1) is 5.92 Å². The normalized spacial score (nSPS) is 20.8. The second-order valence-corrected chi connectivity index (χ2v) is 8.95. The Morgan fingerprint density at radius 1 is 1.40 bits per heavy atom. The molecule has 2 heterocycles. The standard InChI is InChI=1S/C20H37N7O3/c1-5-20(3,4)26-19(30)24-15-6-16(27(12-15)11-13(2)7-21)10-22-8-14-9-23-18(29)25-17(14)28/h9,13,15-16,22H,5-8,10-12,21H2,1-4H3,(H2,24,26,30)(H2,23,25,28,29)/t13-,15+,16-/m0/s1. The van der Waals surface area contributed by atoms with Crippen LogP contribution in [0.5, 0.6) is 0 Å². The van der Waals surface area contributed by atoms with Crippen LogP contribution in [0.1, 0.15) is 46.1 Å². The van der Waals surface area contributed by atoms with Crippen molar-refractivity contribution >= 4 is 6.03 Å². The lowest BCUT2D eigenvalue weighted by atomic mass is 10.0. The first-order chi connectivity index (χ1) is 14.1. The van der Waals surface area contributed by atoms with Gasteiger partial charge < -0.3 is 26.7 Å². The van der Waals surface area contributed by atoms with E-state index in [0.717, 1.165) is 25.9 Å². The Hall–Kier alpha value is -2.17. The van der Waals surface area contributed by atoms with E-state index < -0.39 is 5.69 Å². The van der Waals surface area contributed by atoms with Crippen LogP contribution < -0.4 is 32.9 Å². The Kier molecular flexibility index (Phi) is 8.63. The molecule has 7 N–H and O–H groups in total. The SMILES string of the molecule is CCC(C)(C)NC(=O)N[C@@H]1C[C@@H](CNCc2c[nH]c(=O)[nH]c2=O)N(C[C@@H](C)CN)C1. The van der Waals surface area contributed by atoms with Crippen molar-refractivity contribution in [1.82, 2.24) is 30.8 Å². The van der Waals surface area contributed by atoms with Crippen molar-refractivity contribution in [2.24, 2.45) is 11.7 Å². The minimum absolute atomic E-state index is 0.0471. The second kappa shape index (κ2) is 10.7. The van der Waals surface area contributed by atoms with Crippen molar-refractivity contribution in [3.8, 4) is 0 Å². The van der Waals surface area contributed by atoms with Gasteiger partial charge in [0.2, 0.25) is 0 Å². The third-order valence-corrected chi connectivity index (χ3v) is 5.74. The van der Waals surface area contributed by atoms with Gasteiger partial charge in [0.1, 0.15) is 0 Å². The Morgan fingerprint density at radius 3 is 2.77 bits per heavy atom. The molecule has 0 aliphatic carbocycles. The zero-order chi connectivity index (χ0) is 22.3. The topological polar surface area (TPSA) is 148 Å². The number of urea groups is 1. The van der Waals surface area contributed by atoms with E-state index >= 15 is 0 Å². The van der Waals surface area contributed by atoms with Crippen LogP contribution in [0.15, 0.2) is 15.8 Å². The van der Waals surface area contributed by atoms with Crippen molar-refractivity contribution < 1.29 is 4.79 Å². The second-order valence-electron chi connectivity index (χ2n) is 8.95. The largest absolute Gasteiger partial charge is 0.334 e. The molecular weight excluding hydrogens is 386 g/mol. The molecule has 0 radical (unpaired) electrons. The number of hydrogen-bond acceptors (Lipinski definition) is 6. The van der Waals surface area contributed by atoms with Crippen LogP contribution in [0.4, 0.5) is 4.79 Å². The van der Waals surface area contributed by atoms with Gasteiger partial charge >= 0.3 is 11.7 Å². The molecule has 10 nitrogen and oxygen atoms in total. The van der Waals surface area contributed by atoms with E-state index in [1.807, 2.05) is 20.8 Å². The summed E-state index contributed by atoms with van der Waals surface area (Å²) in [5.74, 6) is 0.348. The highest BCUT2D eigenvalue weighted by atomic mass is 16.2. The monoisotopic (exact) mass is 423 g/mol. The molecule has 1 aromatic rings. The van der Waals surface area contributed by atoms with Crippen LogP contribution >= 0.6 is 0 Å². The zero-order valence-corrected chi connectivity index (χ0v) is 18.5. The maximum Gasteiger partial charge on any atom is 0.325 e. The van der Waals surface area contributed by atoms with E-state index in [1.54, 1.807) is 0 Å². The third-order valence-electron chi connectivity index (χ3n) is 5.74. The van der Waals surface area contributed by atoms with Gasteiger partial charge in [0.25, 0.3) is 5.56 Å². The molecule has 1 aliphatic rings. The van der Waals surface area contributed by atoms with Gasteiger partial charge in [-0.15, -0.1) is 0 Å². The van der Waals surface area contributed by atoms with Gasteiger partial charge in [0.05, 0.1) is 0 Å². The molecule has 2 amide bonds. The fourth-order valence-corrected chi connectivity index (χ4v) is 3.56. The summed E-state index contributed by atoms with van der Waals surface area (Å²) in [5.41, 5.74) is 5.14. The molecule has 0 spiro atoms. The molecule has 1 fully saturated rings. The van der Waals surface area contributed by atoms with E-state index in [-0.39, 0.29) is 29.2 Å². The molecule has 3 atom stereocenters. The highest BCUT2D eigenvalue weighted by Gasteiger charge is 2.33. The van der Waals surface area contributed by atoms with E-state index in [0.29, 0.717) is 31.1 Å². The summed E-state index contributed by atoms with van der Waals surface area (Å²) in [5, 5.41) is 9.42. The Balaban J connectivity index is 1.94. The summed E-state index contributed by atoms with van der Waals surface area (Å²) in [6.45, 7) is 11.4. The lowest BCUT2D eigenvalue weighted by Crippen LogP contribution is -2.51. The first kappa shape index (κ1) is 24.1. The molecule has 2 rings (SSSR count). The molecule has 10 heteroatoms. The quantitative estimate of drug-likeness (QED) is 0.304. The van der Waals surface area contributed by atoms with Gasteiger partial charge in [-0.2, -0.15) is 0 Å². The number of amides is 2. The van der Waals surface area contributed by atoms with Gasteiger partial charge in [-0.25, -0.2) is 9.59 Å². The van der Waals surface area contributed by atoms with Crippen molar-refractivity contribution in [1.29, 1.82) is 0 Å². The number of aromatic amines is 2. The van der Waals surface area contributed by atoms with Crippen molar-refractivity contribution in [3.63, 3.8) is 0 Å². The van der Waals surface area contributed by atoms with E-state index in [1.165, 1.54) is 6.20 Å². The first-order valence-corrected chi connectivity index (χ1v) is 10.7. The van der Waals surface area contributed by atoms with Gasteiger partial charge in [0.15, 0.2) is 0 Å². The molecule has 0 saturated carbocycles. The smallest absolute Gasteiger partial charge is 0.325 e. The summed E-state index contributed by atoms with van der Waals surface area (Å²) < 4.78 is 0. The van der Waals surface area contributed by atoms with E-state index in [4.69, 9.17) is 5.73 Å². The molecule has 30 heavy (non-hydrogen) atoms. The summed E-state index contributed by atoms with van der Waals surface area (Å²) in [7, 11) is 0. The maximum absolute atomic E-state index is 12.4. The number of nitrogens with two attached hydrogens (primary N) is 1. The Bertz CT molecular complexity index is 804. The van der Waals surface area contributed by atoms with Crippen molar-refractivity contribution in [3.05, 3.63) is 32.6 Å². The van der Waals surface area contributed by atoms with Gasteiger partial charge in [0, 0.05) is 55.6 Å². The summed E-state index contributed by atoms with van der Waals surface area (Å²) in [4.78, 5) is 42.4. The highest BCUT2D eigenvalue weighted by molar-refractivity contribution is 5.75. The number of hydrogen-bond donors (Lipinski definition) is 6. The maximum atomic E-state index is 12.4. The lowest BCUT2D eigenvalue weighted by molar-refractivity contribution is 0.212. The number of rotatable bonds is 10. The van der Waals surface area contributed by atoms with Gasteiger partial charge in [-0.05, 0) is 39.2 Å². The van der Waals surface area contributed by atoms with Crippen LogP contribution in [0.25, 0.3) is 0 Å². The highest BCUT2D eigenvalue weighted by Crippen LogP contribution is 2.19. The summed E-state index contributed by atoms with van der Waals surface area (Å²) in [6.07, 6.45) is 3.09. The van der Waals surface area contributed by atoms with Crippen LogP contribution in [0.3, 0.4) is 0 Å². The predicted molar refractivity (Wildman–Crippen MR) is 117 cm³/mol. The molecule has 0 aromatic carbocycles. The van der Waals surface area contributed by atoms with Crippen LogP contribution in [-0.2, 0) is 6.54 Å². The Labute approximate surface area is 177 Å². The van der Waals surface area contributed by atoms with Crippen molar-refractivity contribution in [2.45, 2.75) is 64.7 Å². The number of nitrogens with zero attached hydrogens (tertiary/aromatic N) is 1. The molecule has 1 aliphatic heterocycles. The average Bonchev–Trinajstić information content (AvgIpc) is 3.03. The van der Waals surface area contributed by atoms with Gasteiger partial charge in [-0.1, -0.05) is 13.8 Å². The van der Waals surface area contributed by atoms with Crippen LogP contribution in [0.2, 0.25) is 0 Å². The number of carbonyl (C=O) groups is 1. The summed E-state index contributed by atoms with van der Waals surface area (Å²) in [6, 6.07) is 0.114. The number of carbonyl (C=O) groups excluding carboxylic acids is 1. The molecular formula is C20H37N7O3. The fourth-order valence-electron chi connectivity index (χ4n) is 3.56. The average molecular weight is 424 g/mol.